The van der Waals surface area contributed by atoms with Crippen LogP contribution in [0.5, 0.6) is 5.75 Å². The van der Waals surface area contributed by atoms with Gasteiger partial charge in [-0.25, -0.2) is 4.79 Å². The Balaban J connectivity index is 1.63. The summed E-state index contributed by atoms with van der Waals surface area (Å²) in [5, 5.41) is 2.80. The number of benzene rings is 2. The first kappa shape index (κ1) is 18.8. The number of amides is 3. The number of para-hydroxylation sites is 1. The van der Waals surface area contributed by atoms with Gasteiger partial charge in [0.25, 0.3) is 5.91 Å². The summed E-state index contributed by atoms with van der Waals surface area (Å²) in [6.45, 7) is 4.98. The smallest absolute Gasteiger partial charge is 0.317 e. The number of hydrogen-bond acceptors (Lipinski definition) is 3. The van der Waals surface area contributed by atoms with Gasteiger partial charge in [-0.2, -0.15) is 0 Å². The SMILES string of the molecule is CCNC(=O)N1CCN(C(=O)c2ccccc2COc2ccccc2)CC1. The molecule has 0 aromatic heterocycles. The van der Waals surface area contributed by atoms with Crippen LogP contribution in [0.3, 0.4) is 0 Å². The second kappa shape index (κ2) is 9.07. The van der Waals surface area contributed by atoms with Gasteiger partial charge in [-0.3, -0.25) is 4.79 Å². The van der Waals surface area contributed by atoms with E-state index < -0.39 is 0 Å². The number of nitrogens with one attached hydrogen (secondary N) is 1. The van der Waals surface area contributed by atoms with Crippen LogP contribution in [0, 0.1) is 0 Å². The molecule has 0 atom stereocenters. The van der Waals surface area contributed by atoms with Crippen LogP contribution in [0.1, 0.15) is 22.8 Å². The predicted molar refractivity (Wildman–Crippen MR) is 104 cm³/mol. The number of carbonyl (C=O) groups excluding carboxylic acids is 2. The first-order valence-electron chi connectivity index (χ1n) is 9.27. The van der Waals surface area contributed by atoms with Crippen LogP contribution >= 0.6 is 0 Å². The van der Waals surface area contributed by atoms with Gasteiger partial charge < -0.3 is 19.9 Å². The molecule has 6 nitrogen and oxygen atoms in total. The van der Waals surface area contributed by atoms with Crippen LogP contribution in [0.4, 0.5) is 4.79 Å². The third kappa shape index (κ3) is 4.78. The molecule has 2 aromatic rings. The average molecular weight is 367 g/mol. The minimum atomic E-state index is -0.0683. The quantitative estimate of drug-likeness (QED) is 0.884. The molecule has 1 saturated heterocycles. The monoisotopic (exact) mass is 367 g/mol. The van der Waals surface area contributed by atoms with E-state index in [0.717, 1.165) is 11.3 Å². The van der Waals surface area contributed by atoms with Crippen molar-refractivity contribution >= 4 is 11.9 Å². The molecule has 3 amide bonds. The maximum Gasteiger partial charge on any atom is 0.317 e. The maximum absolute atomic E-state index is 13.0. The molecule has 0 radical (unpaired) electrons. The van der Waals surface area contributed by atoms with Crippen molar-refractivity contribution in [1.29, 1.82) is 0 Å². The Morgan fingerprint density at radius 3 is 2.26 bits per heavy atom. The van der Waals surface area contributed by atoms with Crippen molar-refractivity contribution in [3.8, 4) is 5.75 Å². The molecular formula is C21H25N3O3. The summed E-state index contributed by atoms with van der Waals surface area (Å²) < 4.78 is 5.81. The predicted octanol–water partition coefficient (Wildman–Crippen LogP) is 2.75. The van der Waals surface area contributed by atoms with Crippen LogP contribution in [-0.4, -0.2) is 54.5 Å². The van der Waals surface area contributed by atoms with Crippen LogP contribution in [-0.2, 0) is 6.61 Å². The highest BCUT2D eigenvalue weighted by Gasteiger charge is 2.25. The second-order valence-corrected chi connectivity index (χ2v) is 6.37. The Hall–Kier alpha value is -3.02. The first-order chi connectivity index (χ1) is 13.2. The highest BCUT2D eigenvalue weighted by atomic mass is 16.5. The zero-order valence-corrected chi connectivity index (χ0v) is 15.6. The van der Waals surface area contributed by atoms with Crippen LogP contribution in [0.15, 0.2) is 54.6 Å². The Kier molecular flexibility index (Phi) is 6.30. The second-order valence-electron chi connectivity index (χ2n) is 6.37. The molecule has 0 spiro atoms. The minimum Gasteiger partial charge on any atom is -0.489 e. The van der Waals surface area contributed by atoms with E-state index in [1.807, 2.05) is 61.5 Å². The fourth-order valence-electron chi connectivity index (χ4n) is 3.08. The lowest BCUT2D eigenvalue weighted by molar-refractivity contribution is 0.0662. The minimum absolute atomic E-state index is 0.0159. The molecule has 6 heteroatoms. The highest BCUT2D eigenvalue weighted by molar-refractivity contribution is 5.95. The van der Waals surface area contributed by atoms with Gasteiger partial charge in [0.05, 0.1) is 0 Å². The molecule has 1 N–H and O–H groups in total. The van der Waals surface area contributed by atoms with Gasteiger partial charge in [0, 0.05) is 43.9 Å². The van der Waals surface area contributed by atoms with E-state index in [9.17, 15) is 9.59 Å². The van der Waals surface area contributed by atoms with E-state index in [1.165, 1.54) is 0 Å². The van der Waals surface area contributed by atoms with E-state index in [4.69, 9.17) is 4.74 Å². The van der Waals surface area contributed by atoms with Crippen molar-refractivity contribution in [3.63, 3.8) is 0 Å². The summed E-state index contributed by atoms with van der Waals surface area (Å²) >= 11 is 0. The van der Waals surface area contributed by atoms with Gasteiger partial charge >= 0.3 is 6.03 Å². The molecule has 2 aromatic carbocycles. The maximum atomic E-state index is 13.0. The van der Waals surface area contributed by atoms with Gasteiger partial charge in [0.2, 0.25) is 0 Å². The number of piperazine rings is 1. The molecular weight excluding hydrogens is 342 g/mol. The van der Waals surface area contributed by atoms with E-state index >= 15 is 0 Å². The van der Waals surface area contributed by atoms with Gasteiger partial charge in [-0.15, -0.1) is 0 Å². The van der Waals surface area contributed by atoms with Crippen molar-refractivity contribution in [2.45, 2.75) is 13.5 Å². The zero-order valence-electron chi connectivity index (χ0n) is 15.6. The number of hydrogen-bond donors (Lipinski definition) is 1. The third-order valence-electron chi connectivity index (χ3n) is 4.57. The number of urea groups is 1. The molecule has 1 heterocycles. The fourth-order valence-corrected chi connectivity index (χ4v) is 3.08. The molecule has 3 rings (SSSR count). The molecule has 0 unspecified atom stereocenters. The molecule has 1 aliphatic heterocycles. The summed E-state index contributed by atoms with van der Waals surface area (Å²) in [6, 6.07) is 17.0. The van der Waals surface area contributed by atoms with Gasteiger partial charge in [0.1, 0.15) is 12.4 Å². The Labute approximate surface area is 159 Å². The van der Waals surface area contributed by atoms with Crippen molar-refractivity contribution < 1.29 is 14.3 Å². The number of rotatable bonds is 5. The number of carbonyl (C=O) groups is 2. The van der Waals surface area contributed by atoms with E-state index in [-0.39, 0.29) is 11.9 Å². The van der Waals surface area contributed by atoms with Crippen LogP contribution in [0.2, 0.25) is 0 Å². The molecule has 1 aliphatic rings. The summed E-state index contributed by atoms with van der Waals surface area (Å²) in [7, 11) is 0. The van der Waals surface area contributed by atoms with Gasteiger partial charge in [-0.1, -0.05) is 36.4 Å². The Morgan fingerprint density at radius 1 is 0.926 bits per heavy atom. The number of ether oxygens (including phenoxy) is 1. The van der Waals surface area contributed by atoms with Crippen molar-refractivity contribution in [1.82, 2.24) is 15.1 Å². The topological polar surface area (TPSA) is 61.9 Å². The zero-order chi connectivity index (χ0) is 19.1. The molecule has 0 bridgehead atoms. The Morgan fingerprint density at radius 2 is 1.56 bits per heavy atom. The lowest BCUT2D eigenvalue weighted by Gasteiger charge is -2.35. The standard InChI is InChI=1S/C21H25N3O3/c1-2-22-21(26)24-14-12-23(13-15-24)20(25)19-11-7-6-8-17(19)16-27-18-9-4-3-5-10-18/h3-11H,2,12-16H2,1H3,(H,22,26). The van der Waals surface area contributed by atoms with Crippen molar-refractivity contribution in [2.75, 3.05) is 32.7 Å². The van der Waals surface area contributed by atoms with Crippen LogP contribution in [0.25, 0.3) is 0 Å². The molecule has 142 valence electrons. The average Bonchev–Trinajstić information content (AvgIpc) is 2.73. The lowest BCUT2D eigenvalue weighted by Crippen LogP contribution is -2.53. The van der Waals surface area contributed by atoms with E-state index in [0.29, 0.717) is 44.9 Å². The summed E-state index contributed by atoms with van der Waals surface area (Å²) in [5.41, 5.74) is 1.51. The van der Waals surface area contributed by atoms with Gasteiger partial charge in [-0.05, 0) is 25.1 Å². The fraction of sp³-hybridized carbons (Fsp3) is 0.333. The van der Waals surface area contributed by atoms with Crippen molar-refractivity contribution in [2.24, 2.45) is 0 Å². The van der Waals surface area contributed by atoms with E-state index in [1.54, 1.807) is 9.80 Å². The third-order valence-corrected chi connectivity index (χ3v) is 4.57. The van der Waals surface area contributed by atoms with Gasteiger partial charge in [0.15, 0.2) is 0 Å². The molecule has 27 heavy (non-hydrogen) atoms. The Bertz CT molecular complexity index is 771. The summed E-state index contributed by atoms with van der Waals surface area (Å²) in [5.74, 6) is 0.758. The largest absolute Gasteiger partial charge is 0.489 e. The normalized spacial score (nSPS) is 14.0. The lowest BCUT2D eigenvalue weighted by atomic mass is 10.1. The summed E-state index contributed by atoms with van der Waals surface area (Å²) in [6.07, 6.45) is 0. The highest BCUT2D eigenvalue weighted by Crippen LogP contribution is 2.17. The molecule has 0 aliphatic carbocycles. The first-order valence-corrected chi connectivity index (χ1v) is 9.27. The van der Waals surface area contributed by atoms with Crippen molar-refractivity contribution in [3.05, 3.63) is 65.7 Å². The summed E-state index contributed by atoms with van der Waals surface area (Å²) in [4.78, 5) is 28.4. The molecule has 0 saturated carbocycles. The molecule has 1 fully saturated rings. The number of nitrogens with zero attached hydrogens (tertiary/aromatic N) is 2. The van der Waals surface area contributed by atoms with E-state index in [2.05, 4.69) is 5.32 Å². The van der Waals surface area contributed by atoms with Crippen LogP contribution < -0.4 is 10.1 Å².